The highest BCUT2D eigenvalue weighted by Gasteiger charge is 2.29. The maximum atomic E-state index is 9.75. The van der Waals surface area contributed by atoms with Gasteiger partial charge in [0, 0.05) is 18.5 Å². The minimum absolute atomic E-state index is 0.00832. The van der Waals surface area contributed by atoms with Crippen LogP contribution in [0.25, 0.3) is 0 Å². The Balaban J connectivity index is 2.32. The zero-order chi connectivity index (χ0) is 13.1. The summed E-state index contributed by atoms with van der Waals surface area (Å²) in [5, 5.41) is 9.75. The van der Waals surface area contributed by atoms with Crippen LogP contribution in [0.4, 0.5) is 0 Å². The van der Waals surface area contributed by atoms with Crippen molar-refractivity contribution in [3.8, 4) is 0 Å². The highest BCUT2D eigenvalue weighted by molar-refractivity contribution is 4.82. The van der Waals surface area contributed by atoms with Crippen molar-refractivity contribution < 1.29 is 5.11 Å². The van der Waals surface area contributed by atoms with Gasteiger partial charge in [-0.15, -0.1) is 0 Å². The first-order chi connectivity index (χ1) is 7.81. The van der Waals surface area contributed by atoms with E-state index in [2.05, 4.69) is 37.7 Å². The lowest BCUT2D eigenvalue weighted by molar-refractivity contribution is 0.0236. The second-order valence-electron chi connectivity index (χ2n) is 6.65. The molecule has 1 heterocycles. The molecule has 0 spiro atoms. The minimum Gasteiger partial charge on any atom is -0.393 e. The van der Waals surface area contributed by atoms with Crippen molar-refractivity contribution in [2.45, 2.75) is 39.7 Å². The summed E-state index contributed by atoms with van der Waals surface area (Å²) in [5.74, 6) is 0.857. The Morgan fingerprint density at radius 2 is 1.82 bits per heavy atom. The number of hydrogen-bond acceptors (Lipinski definition) is 3. The van der Waals surface area contributed by atoms with Gasteiger partial charge in [0.25, 0.3) is 0 Å². The fourth-order valence-electron chi connectivity index (χ4n) is 2.55. The van der Waals surface area contributed by atoms with Crippen molar-refractivity contribution in [3.05, 3.63) is 0 Å². The fraction of sp³-hybridized carbons (Fsp3) is 1.00. The number of rotatable bonds is 5. The molecule has 1 N–H and O–H groups in total. The van der Waals surface area contributed by atoms with Crippen LogP contribution in [0.15, 0.2) is 0 Å². The van der Waals surface area contributed by atoms with Crippen LogP contribution in [0.2, 0.25) is 0 Å². The smallest absolute Gasteiger partial charge is 0.0575 e. The van der Waals surface area contributed by atoms with E-state index in [9.17, 15) is 5.11 Å². The van der Waals surface area contributed by atoms with Gasteiger partial charge < -0.3 is 14.9 Å². The van der Waals surface area contributed by atoms with Crippen LogP contribution in [0.5, 0.6) is 0 Å². The van der Waals surface area contributed by atoms with Crippen LogP contribution in [-0.4, -0.2) is 61.3 Å². The lowest BCUT2D eigenvalue weighted by atomic mass is 9.85. The second kappa shape index (κ2) is 6.17. The number of nitrogens with zero attached hydrogens (tertiary/aromatic N) is 2. The Bertz CT molecular complexity index is 218. The minimum atomic E-state index is -0.234. The van der Waals surface area contributed by atoms with E-state index in [1.54, 1.807) is 0 Å². The molecule has 0 saturated carbocycles. The van der Waals surface area contributed by atoms with Gasteiger partial charge in [-0.1, -0.05) is 13.8 Å². The van der Waals surface area contributed by atoms with Gasteiger partial charge in [-0.3, -0.25) is 0 Å². The third kappa shape index (κ3) is 4.94. The van der Waals surface area contributed by atoms with Gasteiger partial charge in [0.1, 0.15) is 0 Å². The molecule has 1 aliphatic heterocycles. The average molecular weight is 242 g/mol. The van der Waals surface area contributed by atoms with Crippen molar-refractivity contribution in [1.82, 2.24) is 9.80 Å². The van der Waals surface area contributed by atoms with Gasteiger partial charge in [0.15, 0.2) is 0 Å². The monoisotopic (exact) mass is 242 g/mol. The normalized spacial score (nSPS) is 22.1. The Labute approximate surface area is 107 Å². The molecule has 1 saturated heterocycles. The number of likely N-dealkylation sites (tertiary alicyclic amines) is 1. The van der Waals surface area contributed by atoms with Gasteiger partial charge in [-0.25, -0.2) is 0 Å². The largest absolute Gasteiger partial charge is 0.393 e. The summed E-state index contributed by atoms with van der Waals surface area (Å²) < 4.78 is 0. The molecule has 0 aliphatic carbocycles. The topological polar surface area (TPSA) is 26.7 Å². The van der Waals surface area contributed by atoms with E-state index in [1.165, 1.54) is 32.5 Å². The van der Waals surface area contributed by atoms with E-state index in [0.717, 1.165) is 12.5 Å². The van der Waals surface area contributed by atoms with Crippen LogP contribution >= 0.6 is 0 Å². The summed E-state index contributed by atoms with van der Waals surface area (Å²) in [6, 6.07) is 0. The molecular weight excluding hydrogens is 212 g/mol. The molecule has 1 atom stereocenters. The number of piperidine rings is 1. The number of aliphatic hydroxyl groups excluding tert-OH is 1. The predicted molar refractivity (Wildman–Crippen MR) is 73.2 cm³/mol. The van der Waals surface area contributed by atoms with Gasteiger partial charge in [-0.05, 0) is 52.9 Å². The van der Waals surface area contributed by atoms with Gasteiger partial charge in [0.05, 0.1) is 6.10 Å². The molecule has 0 amide bonds. The van der Waals surface area contributed by atoms with Gasteiger partial charge >= 0.3 is 0 Å². The molecule has 1 aliphatic rings. The Morgan fingerprint density at radius 1 is 1.29 bits per heavy atom. The van der Waals surface area contributed by atoms with E-state index in [-0.39, 0.29) is 11.5 Å². The number of hydrogen-bond donors (Lipinski definition) is 1. The summed E-state index contributed by atoms with van der Waals surface area (Å²) in [6.07, 6.45) is 2.37. The Hall–Kier alpha value is -0.120. The first-order valence-corrected chi connectivity index (χ1v) is 6.86. The van der Waals surface area contributed by atoms with E-state index >= 15 is 0 Å². The predicted octanol–water partition coefficient (Wildman–Crippen LogP) is 1.67. The molecule has 0 aromatic heterocycles. The van der Waals surface area contributed by atoms with Crippen LogP contribution in [0.3, 0.4) is 0 Å². The summed E-state index contributed by atoms with van der Waals surface area (Å²) in [5.41, 5.74) is 0.00832. The zero-order valence-corrected chi connectivity index (χ0v) is 12.2. The summed E-state index contributed by atoms with van der Waals surface area (Å²) >= 11 is 0. The molecule has 1 fully saturated rings. The standard InChI is InChI=1S/C14H30N2O/c1-12(17)14(2,3)11-16-8-6-13(7-9-16)10-15(4)5/h12-13,17H,6-11H2,1-5H3. The first-order valence-electron chi connectivity index (χ1n) is 6.86. The summed E-state index contributed by atoms with van der Waals surface area (Å²) in [4.78, 5) is 4.80. The molecule has 1 rings (SSSR count). The van der Waals surface area contributed by atoms with Crippen molar-refractivity contribution in [3.63, 3.8) is 0 Å². The van der Waals surface area contributed by atoms with Crippen LogP contribution < -0.4 is 0 Å². The molecule has 0 bridgehead atoms. The zero-order valence-electron chi connectivity index (χ0n) is 12.2. The first kappa shape index (κ1) is 14.9. The number of aliphatic hydroxyl groups is 1. The Kier molecular flexibility index (Phi) is 5.42. The summed E-state index contributed by atoms with van der Waals surface area (Å²) in [7, 11) is 4.31. The van der Waals surface area contributed by atoms with Gasteiger partial charge in [0.2, 0.25) is 0 Å². The SMILES string of the molecule is CC(O)C(C)(C)CN1CCC(CN(C)C)CC1. The third-order valence-electron chi connectivity index (χ3n) is 4.09. The third-order valence-corrected chi connectivity index (χ3v) is 4.09. The molecule has 0 aromatic carbocycles. The highest BCUT2D eigenvalue weighted by atomic mass is 16.3. The summed E-state index contributed by atoms with van der Waals surface area (Å²) in [6.45, 7) is 10.8. The lowest BCUT2D eigenvalue weighted by Gasteiger charge is -2.39. The van der Waals surface area contributed by atoms with E-state index < -0.39 is 0 Å². The molecule has 17 heavy (non-hydrogen) atoms. The molecule has 102 valence electrons. The van der Waals surface area contributed by atoms with Crippen molar-refractivity contribution in [1.29, 1.82) is 0 Å². The average Bonchev–Trinajstić information content (AvgIpc) is 2.19. The molecule has 3 nitrogen and oxygen atoms in total. The fourth-order valence-corrected chi connectivity index (χ4v) is 2.55. The van der Waals surface area contributed by atoms with E-state index in [4.69, 9.17) is 0 Å². The molecular formula is C14H30N2O. The van der Waals surface area contributed by atoms with Crippen LogP contribution in [0.1, 0.15) is 33.6 Å². The van der Waals surface area contributed by atoms with Crippen molar-refractivity contribution in [2.75, 3.05) is 40.3 Å². The maximum absolute atomic E-state index is 9.75. The molecule has 3 heteroatoms. The van der Waals surface area contributed by atoms with Crippen LogP contribution in [-0.2, 0) is 0 Å². The van der Waals surface area contributed by atoms with Crippen molar-refractivity contribution in [2.24, 2.45) is 11.3 Å². The Morgan fingerprint density at radius 3 is 2.24 bits per heavy atom. The second-order valence-corrected chi connectivity index (χ2v) is 6.65. The molecule has 0 radical (unpaired) electrons. The highest BCUT2D eigenvalue weighted by Crippen LogP contribution is 2.25. The lowest BCUT2D eigenvalue weighted by Crippen LogP contribution is -2.44. The van der Waals surface area contributed by atoms with Crippen LogP contribution in [0, 0.1) is 11.3 Å². The van der Waals surface area contributed by atoms with Crippen molar-refractivity contribution >= 4 is 0 Å². The van der Waals surface area contributed by atoms with E-state index in [1.807, 2.05) is 6.92 Å². The molecule has 1 unspecified atom stereocenters. The molecule has 0 aromatic rings. The van der Waals surface area contributed by atoms with E-state index in [0.29, 0.717) is 0 Å². The van der Waals surface area contributed by atoms with Gasteiger partial charge in [-0.2, -0.15) is 0 Å². The quantitative estimate of drug-likeness (QED) is 0.794. The maximum Gasteiger partial charge on any atom is 0.0575 e.